The van der Waals surface area contributed by atoms with Crippen LogP contribution in [0, 0.1) is 0 Å². The monoisotopic (exact) mass is 190 g/mol. The van der Waals surface area contributed by atoms with E-state index in [0.717, 1.165) is 0 Å². The Balaban J connectivity index is 0.00000169. The van der Waals surface area contributed by atoms with Crippen molar-refractivity contribution in [1.82, 2.24) is 10.2 Å². The number of nitrogens with one attached hydrogen (secondary N) is 1. The first-order valence-corrected chi connectivity index (χ1v) is 4.02. The molecule has 0 bridgehead atoms. The maximum atomic E-state index is 11.2. The normalized spacial score (nSPS) is 16.8. The Hall–Kier alpha value is -1.30. The number of morpholine rings is 1. The number of nitrogens with zero attached hydrogens (tertiary/aromatic N) is 1. The van der Waals surface area contributed by atoms with E-state index in [9.17, 15) is 9.59 Å². The molecule has 6 heteroatoms. The van der Waals surface area contributed by atoms with Crippen LogP contribution >= 0.6 is 0 Å². The third-order valence-corrected chi connectivity index (χ3v) is 1.75. The molecule has 1 fully saturated rings. The number of hydrogen-bond acceptors (Lipinski definition) is 3. The van der Waals surface area contributed by atoms with Gasteiger partial charge in [0.05, 0.1) is 13.2 Å². The first-order valence-electron chi connectivity index (χ1n) is 4.02. The molecule has 2 amide bonds. The summed E-state index contributed by atoms with van der Waals surface area (Å²) in [5, 5.41) is 10.3. The van der Waals surface area contributed by atoms with Gasteiger partial charge in [0.25, 0.3) is 0 Å². The molecule has 0 aromatic carbocycles. The van der Waals surface area contributed by atoms with Crippen molar-refractivity contribution in [1.29, 1.82) is 0 Å². The second-order valence-corrected chi connectivity index (χ2v) is 2.65. The lowest BCUT2D eigenvalue weighted by molar-refractivity contribution is -0.134. The number of hydrogen-bond donors (Lipinski definition) is 2. The molecular formula is C7H14N2O4. The maximum Gasteiger partial charge on any atom is 0.405 e. The van der Waals surface area contributed by atoms with Crippen molar-refractivity contribution in [2.24, 2.45) is 0 Å². The largest absolute Gasteiger partial charge is 0.465 e. The van der Waals surface area contributed by atoms with Crippen LogP contribution in [0.15, 0.2) is 0 Å². The Kier molecular flexibility index (Phi) is 3.51. The van der Waals surface area contributed by atoms with Gasteiger partial charge in [-0.05, 0) is 0 Å². The van der Waals surface area contributed by atoms with Gasteiger partial charge in [-0.2, -0.15) is 0 Å². The topological polar surface area (TPSA) is 78.9 Å². The van der Waals surface area contributed by atoms with Gasteiger partial charge in [-0.3, -0.25) is 4.79 Å². The minimum atomic E-state index is -1.18. The zero-order chi connectivity index (χ0) is 9.68. The summed E-state index contributed by atoms with van der Waals surface area (Å²) in [6.45, 7) is 1.98. The van der Waals surface area contributed by atoms with Gasteiger partial charge in [0.15, 0.2) is 0 Å². The van der Waals surface area contributed by atoms with E-state index in [1.165, 1.54) is 0 Å². The number of carboxylic acid groups (broad SMARTS) is 1. The summed E-state index contributed by atoms with van der Waals surface area (Å²) in [5.41, 5.74) is 0. The van der Waals surface area contributed by atoms with Crippen LogP contribution in [-0.2, 0) is 9.53 Å². The number of ether oxygens (including phenoxy) is 1. The molecular weight excluding hydrogens is 176 g/mol. The summed E-state index contributed by atoms with van der Waals surface area (Å²) in [7, 11) is 0. The summed E-state index contributed by atoms with van der Waals surface area (Å²) in [6.07, 6.45) is -1.18. The molecule has 0 aromatic rings. The molecule has 1 heterocycles. The van der Waals surface area contributed by atoms with Crippen LogP contribution in [0.3, 0.4) is 0 Å². The first kappa shape index (κ1) is 9.79. The van der Waals surface area contributed by atoms with Gasteiger partial charge < -0.3 is 20.1 Å². The molecule has 2 N–H and O–H groups in total. The smallest absolute Gasteiger partial charge is 0.405 e. The molecule has 0 saturated carbocycles. The van der Waals surface area contributed by atoms with Crippen molar-refractivity contribution in [2.45, 2.75) is 0 Å². The van der Waals surface area contributed by atoms with Gasteiger partial charge in [0, 0.05) is 14.5 Å². The number of carbonyl (C=O) groups excluding carboxylic acids is 1. The van der Waals surface area contributed by atoms with Crippen molar-refractivity contribution >= 4 is 12.0 Å². The first-order chi connectivity index (χ1) is 6.20. The fourth-order valence-corrected chi connectivity index (χ4v) is 1.08. The average Bonchev–Trinajstić information content (AvgIpc) is 2.15. The summed E-state index contributed by atoms with van der Waals surface area (Å²) in [4.78, 5) is 22.9. The molecule has 0 atom stereocenters. The Morgan fingerprint density at radius 3 is 2.62 bits per heavy atom. The van der Waals surface area contributed by atoms with Crippen molar-refractivity contribution in [3.05, 3.63) is 0 Å². The molecule has 0 spiro atoms. The fraction of sp³-hybridized carbons (Fsp3) is 0.714. The molecule has 1 aliphatic heterocycles. The summed E-state index contributed by atoms with van der Waals surface area (Å²) >= 11 is 0. The van der Waals surface area contributed by atoms with Crippen molar-refractivity contribution in [3.8, 4) is 0 Å². The van der Waals surface area contributed by atoms with Gasteiger partial charge >= 0.3 is 6.09 Å². The number of rotatable bonds is 2. The second kappa shape index (κ2) is 4.66. The van der Waals surface area contributed by atoms with Crippen LogP contribution < -0.4 is 5.32 Å². The maximum absolute atomic E-state index is 11.2. The zero-order valence-electron chi connectivity index (χ0n) is 7.15. The summed E-state index contributed by atoms with van der Waals surface area (Å²) in [6, 6.07) is 0. The van der Waals surface area contributed by atoms with Crippen LogP contribution in [0.4, 0.5) is 4.79 Å². The van der Waals surface area contributed by atoms with E-state index < -0.39 is 6.09 Å². The molecule has 1 saturated heterocycles. The van der Waals surface area contributed by atoms with Crippen LogP contribution in [0.25, 0.3) is 0 Å². The van der Waals surface area contributed by atoms with Gasteiger partial charge in [-0.1, -0.05) is 0 Å². The van der Waals surface area contributed by atoms with Gasteiger partial charge in [-0.25, -0.2) is 4.79 Å². The molecule has 1 aliphatic rings. The molecule has 0 radical (unpaired) electrons. The Bertz CT molecular complexity index is 206. The summed E-state index contributed by atoms with van der Waals surface area (Å²) < 4.78 is 5.04. The standard InChI is InChI=1S/C7H12N2O4.H2/c10-6(5-8-7(11)12)9-1-3-13-4-2-9;/h8H,1-5H2,(H,11,12);1H. The molecule has 13 heavy (non-hydrogen) atoms. The van der Waals surface area contributed by atoms with Crippen LogP contribution in [-0.4, -0.2) is 54.9 Å². The quantitative estimate of drug-likeness (QED) is 0.607. The van der Waals surface area contributed by atoms with Gasteiger partial charge in [-0.15, -0.1) is 0 Å². The van der Waals surface area contributed by atoms with E-state index in [1.807, 2.05) is 5.32 Å². The van der Waals surface area contributed by atoms with Crippen LogP contribution in [0.5, 0.6) is 0 Å². The van der Waals surface area contributed by atoms with E-state index in [-0.39, 0.29) is 13.9 Å². The SMILES string of the molecule is O=C(O)NCC(=O)N1CCOCC1.[HH]. The predicted octanol–water partition coefficient (Wildman–Crippen LogP) is -0.641. The Morgan fingerprint density at radius 2 is 2.08 bits per heavy atom. The molecule has 1 rings (SSSR count). The van der Waals surface area contributed by atoms with Crippen molar-refractivity contribution in [3.63, 3.8) is 0 Å². The van der Waals surface area contributed by atoms with Gasteiger partial charge in [0.2, 0.25) is 5.91 Å². The fourth-order valence-electron chi connectivity index (χ4n) is 1.08. The molecule has 0 unspecified atom stereocenters. The van der Waals surface area contributed by atoms with Crippen LogP contribution in [0.1, 0.15) is 1.43 Å². The molecule has 76 valence electrons. The lowest BCUT2D eigenvalue weighted by Gasteiger charge is -2.26. The van der Waals surface area contributed by atoms with Crippen molar-refractivity contribution in [2.75, 3.05) is 32.8 Å². The van der Waals surface area contributed by atoms with E-state index in [4.69, 9.17) is 9.84 Å². The summed E-state index contributed by atoms with van der Waals surface area (Å²) in [5.74, 6) is -0.203. The van der Waals surface area contributed by atoms with E-state index in [2.05, 4.69) is 0 Å². The third-order valence-electron chi connectivity index (χ3n) is 1.75. The molecule has 6 nitrogen and oxygen atoms in total. The minimum absolute atomic E-state index is 0. The lowest BCUT2D eigenvalue weighted by Crippen LogP contribution is -2.45. The average molecular weight is 190 g/mol. The van der Waals surface area contributed by atoms with Gasteiger partial charge in [0.1, 0.15) is 6.54 Å². The van der Waals surface area contributed by atoms with Crippen molar-refractivity contribution < 1.29 is 20.9 Å². The van der Waals surface area contributed by atoms with Crippen LogP contribution in [0.2, 0.25) is 0 Å². The lowest BCUT2D eigenvalue weighted by atomic mass is 10.4. The minimum Gasteiger partial charge on any atom is -0.465 e. The highest BCUT2D eigenvalue weighted by molar-refractivity contribution is 5.81. The molecule has 0 aliphatic carbocycles. The predicted molar refractivity (Wildman–Crippen MR) is 45.5 cm³/mol. The number of carbonyl (C=O) groups is 2. The van der Waals surface area contributed by atoms with E-state index in [1.54, 1.807) is 4.90 Å². The molecule has 0 aromatic heterocycles. The third kappa shape index (κ3) is 3.29. The van der Waals surface area contributed by atoms with E-state index >= 15 is 0 Å². The van der Waals surface area contributed by atoms with E-state index in [0.29, 0.717) is 26.3 Å². The zero-order valence-corrected chi connectivity index (χ0v) is 7.15. The Morgan fingerprint density at radius 1 is 1.46 bits per heavy atom. The highest BCUT2D eigenvalue weighted by Crippen LogP contribution is 1.96. The Labute approximate surface area is 76.9 Å². The second-order valence-electron chi connectivity index (χ2n) is 2.65. The highest BCUT2D eigenvalue weighted by atomic mass is 16.5. The number of amides is 2. The highest BCUT2D eigenvalue weighted by Gasteiger charge is 2.16.